The minimum absolute atomic E-state index is 0.0826. The second-order valence-electron chi connectivity index (χ2n) is 7.65. The molecule has 1 aliphatic rings. The Morgan fingerprint density at radius 1 is 1.10 bits per heavy atom. The molecular weight excluding hydrogens is 396 g/mol. The summed E-state index contributed by atoms with van der Waals surface area (Å²) in [5.74, 6) is 2.15. The Labute approximate surface area is 181 Å². The van der Waals surface area contributed by atoms with E-state index in [-0.39, 0.29) is 12.5 Å². The maximum atomic E-state index is 12.8. The van der Waals surface area contributed by atoms with Gasteiger partial charge in [0.25, 0.3) is 5.91 Å². The number of ether oxygens (including phenoxy) is 2. The number of nitrogens with zero attached hydrogens (tertiary/aromatic N) is 4. The molecule has 31 heavy (non-hydrogen) atoms. The second kappa shape index (κ2) is 9.26. The number of carbonyl (C=O) groups excluding carboxylic acids is 1. The molecule has 0 aliphatic carbocycles. The highest BCUT2D eigenvalue weighted by atomic mass is 16.5. The van der Waals surface area contributed by atoms with Gasteiger partial charge in [0, 0.05) is 51.0 Å². The third-order valence-electron chi connectivity index (χ3n) is 5.70. The Hall–Kier alpha value is -3.26. The van der Waals surface area contributed by atoms with Gasteiger partial charge < -0.3 is 18.8 Å². The summed E-state index contributed by atoms with van der Waals surface area (Å²) >= 11 is 0. The van der Waals surface area contributed by atoms with Crippen molar-refractivity contribution in [3.05, 3.63) is 65.4 Å². The summed E-state index contributed by atoms with van der Waals surface area (Å²) in [6.45, 7) is 6.15. The van der Waals surface area contributed by atoms with Crippen LogP contribution in [0.3, 0.4) is 0 Å². The Morgan fingerprint density at radius 3 is 2.52 bits per heavy atom. The van der Waals surface area contributed by atoms with Crippen molar-refractivity contribution < 1.29 is 18.7 Å². The van der Waals surface area contributed by atoms with Crippen molar-refractivity contribution in [3.8, 4) is 11.5 Å². The molecule has 8 nitrogen and oxygen atoms in total. The summed E-state index contributed by atoms with van der Waals surface area (Å²) in [7, 11) is 3.55. The van der Waals surface area contributed by atoms with Gasteiger partial charge >= 0.3 is 0 Å². The fourth-order valence-electron chi connectivity index (χ4n) is 3.66. The van der Waals surface area contributed by atoms with E-state index in [2.05, 4.69) is 16.9 Å². The van der Waals surface area contributed by atoms with Crippen LogP contribution >= 0.6 is 0 Å². The van der Waals surface area contributed by atoms with E-state index in [0.717, 1.165) is 19.6 Å². The van der Waals surface area contributed by atoms with Gasteiger partial charge in [-0.05, 0) is 31.2 Å². The first-order valence-corrected chi connectivity index (χ1v) is 10.4. The van der Waals surface area contributed by atoms with Gasteiger partial charge in [0.15, 0.2) is 17.3 Å². The molecule has 0 radical (unpaired) electrons. The number of aryl methyl sites for hydroxylation is 1. The van der Waals surface area contributed by atoms with Gasteiger partial charge in [0.2, 0.25) is 0 Å². The fourth-order valence-corrected chi connectivity index (χ4v) is 3.66. The zero-order valence-electron chi connectivity index (χ0n) is 18.2. The quantitative estimate of drug-likeness (QED) is 0.581. The minimum Gasteiger partial charge on any atom is -0.493 e. The van der Waals surface area contributed by atoms with Crippen LogP contribution in [0.25, 0.3) is 0 Å². The van der Waals surface area contributed by atoms with E-state index >= 15 is 0 Å². The van der Waals surface area contributed by atoms with E-state index in [1.807, 2.05) is 47.1 Å². The molecule has 1 aliphatic heterocycles. The maximum Gasteiger partial charge on any atom is 0.289 e. The first-order chi connectivity index (χ1) is 15.0. The first kappa shape index (κ1) is 21.0. The number of amides is 1. The van der Waals surface area contributed by atoms with Crippen LogP contribution in [0.1, 0.15) is 27.6 Å². The van der Waals surface area contributed by atoms with Gasteiger partial charge in [-0.3, -0.25) is 14.4 Å². The van der Waals surface area contributed by atoms with Crippen LogP contribution in [0.2, 0.25) is 0 Å². The van der Waals surface area contributed by atoms with Crippen LogP contribution in [0.15, 0.2) is 47.0 Å². The van der Waals surface area contributed by atoms with Crippen molar-refractivity contribution in [2.45, 2.75) is 20.1 Å². The molecule has 2 aromatic heterocycles. The summed E-state index contributed by atoms with van der Waals surface area (Å²) in [6, 6.07) is 10.9. The lowest BCUT2D eigenvalue weighted by atomic mass is 10.2. The SMILES string of the molecule is COc1ccccc1OCc1ccc(C(=O)N2CCN(Cc3cnn(C)c3C)CC2)o1. The molecule has 4 rings (SSSR count). The van der Waals surface area contributed by atoms with E-state index < -0.39 is 0 Å². The average Bonchev–Trinajstić information content (AvgIpc) is 3.40. The molecule has 164 valence electrons. The van der Waals surface area contributed by atoms with Crippen molar-refractivity contribution in [3.63, 3.8) is 0 Å². The molecule has 3 aromatic rings. The van der Waals surface area contributed by atoms with Crippen molar-refractivity contribution >= 4 is 5.91 Å². The summed E-state index contributed by atoms with van der Waals surface area (Å²) in [5.41, 5.74) is 2.41. The molecule has 0 bridgehead atoms. The van der Waals surface area contributed by atoms with Gasteiger partial charge in [0.1, 0.15) is 12.4 Å². The normalized spacial score (nSPS) is 14.6. The Morgan fingerprint density at radius 2 is 1.84 bits per heavy atom. The van der Waals surface area contributed by atoms with Crippen LogP contribution in [0, 0.1) is 6.92 Å². The average molecular weight is 425 g/mol. The van der Waals surface area contributed by atoms with Gasteiger partial charge in [0.05, 0.1) is 13.3 Å². The second-order valence-corrected chi connectivity index (χ2v) is 7.65. The largest absolute Gasteiger partial charge is 0.493 e. The number of methoxy groups -OCH3 is 1. The summed E-state index contributed by atoms with van der Waals surface area (Å²) in [6.07, 6.45) is 1.92. The van der Waals surface area contributed by atoms with Crippen LogP contribution < -0.4 is 9.47 Å². The third-order valence-corrected chi connectivity index (χ3v) is 5.70. The van der Waals surface area contributed by atoms with Gasteiger partial charge in [-0.15, -0.1) is 0 Å². The highest BCUT2D eigenvalue weighted by molar-refractivity contribution is 5.91. The Kier molecular flexibility index (Phi) is 6.27. The maximum absolute atomic E-state index is 12.8. The summed E-state index contributed by atoms with van der Waals surface area (Å²) < 4.78 is 18.7. The number of aromatic nitrogens is 2. The van der Waals surface area contributed by atoms with Crippen molar-refractivity contribution in [1.29, 1.82) is 0 Å². The van der Waals surface area contributed by atoms with Crippen LogP contribution in [0.5, 0.6) is 11.5 Å². The lowest BCUT2D eigenvalue weighted by molar-refractivity contribution is 0.0593. The number of hydrogen-bond donors (Lipinski definition) is 0. The Bertz CT molecular complexity index is 1030. The van der Waals surface area contributed by atoms with E-state index in [1.54, 1.807) is 19.2 Å². The van der Waals surface area contributed by atoms with E-state index in [0.29, 0.717) is 36.1 Å². The van der Waals surface area contributed by atoms with Crippen LogP contribution in [-0.4, -0.2) is 58.8 Å². The highest BCUT2D eigenvalue weighted by Gasteiger charge is 2.25. The van der Waals surface area contributed by atoms with E-state index in [1.165, 1.54) is 11.3 Å². The number of benzene rings is 1. The standard InChI is InChI=1S/C23H28N4O4/c1-17-18(14-24-25(17)2)15-26-10-12-27(13-11-26)23(28)22-9-8-19(31-22)16-30-21-7-5-4-6-20(21)29-3/h4-9,14H,10-13,15-16H2,1-3H3. The van der Waals surface area contributed by atoms with Crippen LogP contribution in [-0.2, 0) is 20.2 Å². The van der Waals surface area contributed by atoms with Crippen molar-refractivity contribution in [2.24, 2.45) is 7.05 Å². The molecule has 0 saturated carbocycles. The molecule has 1 amide bonds. The number of rotatable bonds is 7. The molecule has 1 fully saturated rings. The molecule has 3 heterocycles. The third kappa shape index (κ3) is 4.74. The molecule has 0 unspecified atom stereocenters. The van der Waals surface area contributed by atoms with Crippen molar-refractivity contribution in [2.75, 3.05) is 33.3 Å². The zero-order chi connectivity index (χ0) is 21.8. The zero-order valence-corrected chi connectivity index (χ0v) is 18.2. The highest BCUT2D eigenvalue weighted by Crippen LogP contribution is 2.27. The minimum atomic E-state index is -0.0826. The van der Waals surface area contributed by atoms with Gasteiger partial charge in [-0.1, -0.05) is 12.1 Å². The predicted octanol–water partition coefficient (Wildman–Crippen LogP) is 2.87. The fraction of sp³-hybridized carbons (Fsp3) is 0.391. The van der Waals surface area contributed by atoms with E-state index in [4.69, 9.17) is 13.9 Å². The Balaban J connectivity index is 1.29. The first-order valence-electron chi connectivity index (χ1n) is 10.4. The molecule has 1 saturated heterocycles. The lowest BCUT2D eigenvalue weighted by Gasteiger charge is -2.34. The predicted molar refractivity (Wildman–Crippen MR) is 115 cm³/mol. The van der Waals surface area contributed by atoms with Crippen molar-refractivity contribution in [1.82, 2.24) is 19.6 Å². The van der Waals surface area contributed by atoms with E-state index in [9.17, 15) is 4.79 Å². The monoisotopic (exact) mass is 424 g/mol. The molecule has 1 aromatic carbocycles. The number of hydrogen-bond acceptors (Lipinski definition) is 6. The molecule has 8 heteroatoms. The number of carbonyl (C=O) groups is 1. The smallest absolute Gasteiger partial charge is 0.289 e. The van der Waals surface area contributed by atoms with Gasteiger partial charge in [-0.25, -0.2) is 0 Å². The number of piperazine rings is 1. The number of furan rings is 1. The molecule has 0 N–H and O–H groups in total. The van der Waals surface area contributed by atoms with Gasteiger partial charge in [-0.2, -0.15) is 5.10 Å². The summed E-state index contributed by atoms with van der Waals surface area (Å²) in [5, 5.41) is 4.31. The molecule has 0 spiro atoms. The lowest BCUT2D eigenvalue weighted by Crippen LogP contribution is -2.48. The van der Waals surface area contributed by atoms with Crippen LogP contribution in [0.4, 0.5) is 0 Å². The number of para-hydroxylation sites is 2. The molecule has 0 atom stereocenters. The molecular formula is C23H28N4O4. The topological polar surface area (TPSA) is 73.0 Å². The summed E-state index contributed by atoms with van der Waals surface area (Å²) in [4.78, 5) is 17.0.